The van der Waals surface area contributed by atoms with Crippen LogP contribution in [0.2, 0.25) is 0 Å². The molecule has 1 fully saturated rings. The van der Waals surface area contributed by atoms with Crippen LogP contribution < -0.4 is 5.73 Å². The average molecular weight is 213 g/mol. The Bertz CT molecular complexity index is 307. The van der Waals surface area contributed by atoms with Gasteiger partial charge in [0.25, 0.3) is 0 Å². The molecule has 0 saturated carbocycles. The van der Waals surface area contributed by atoms with E-state index in [0.717, 1.165) is 18.0 Å². The number of thioether (sulfide) groups is 1. The van der Waals surface area contributed by atoms with E-state index in [2.05, 4.69) is 17.1 Å². The van der Waals surface area contributed by atoms with Gasteiger partial charge in [-0.15, -0.1) is 0 Å². The molecular weight excluding hydrogens is 198 g/mol. The van der Waals surface area contributed by atoms with Crippen molar-refractivity contribution in [2.45, 2.75) is 31.7 Å². The molecule has 0 aromatic carbocycles. The third-order valence-corrected chi connectivity index (χ3v) is 4.04. The minimum Gasteiger partial charge on any atom is -0.338 e. The van der Waals surface area contributed by atoms with E-state index in [9.17, 15) is 0 Å². The van der Waals surface area contributed by atoms with Crippen LogP contribution in [0.5, 0.6) is 0 Å². The summed E-state index contributed by atoms with van der Waals surface area (Å²) in [7, 11) is 0. The molecule has 1 saturated heterocycles. The fraction of sp³-hybridized carbons (Fsp3) is 0.778. The first-order valence-corrected chi connectivity index (χ1v) is 6.01. The molecule has 1 aliphatic rings. The van der Waals surface area contributed by atoms with Crippen LogP contribution in [0.3, 0.4) is 0 Å². The van der Waals surface area contributed by atoms with Gasteiger partial charge in [0, 0.05) is 11.2 Å². The third-order valence-electron chi connectivity index (χ3n) is 2.62. The zero-order valence-electron chi connectivity index (χ0n) is 8.32. The normalized spacial score (nSPS) is 27.9. The molecule has 1 unspecified atom stereocenters. The molecule has 1 atom stereocenters. The Morgan fingerprint density at radius 3 is 3.07 bits per heavy atom. The molecule has 1 aliphatic heterocycles. The van der Waals surface area contributed by atoms with E-state index in [0.29, 0.717) is 12.4 Å². The molecule has 2 heterocycles. The quantitative estimate of drug-likeness (QED) is 0.802. The van der Waals surface area contributed by atoms with Gasteiger partial charge in [0.1, 0.15) is 0 Å². The topological polar surface area (TPSA) is 64.9 Å². The van der Waals surface area contributed by atoms with Crippen LogP contribution in [0.15, 0.2) is 4.52 Å². The maximum absolute atomic E-state index is 5.43. The molecule has 0 spiro atoms. The summed E-state index contributed by atoms with van der Waals surface area (Å²) < 4.78 is 5.04. The first kappa shape index (κ1) is 9.98. The van der Waals surface area contributed by atoms with Crippen LogP contribution in [0.4, 0.5) is 0 Å². The minimum absolute atomic E-state index is 0.0832. The number of nitrogens with zero attached hydrogens (tertiary/aromatic N) is 2. The summed E-state index contributed by atoms with van der Waals surface area (Å²) in [5.74, 6) is 3.69. The van der Waals surface area contributed by atoms with Gasteiger partial charge < -0.3 is 10.3 Å². The Kier molecular flexibility index (Phi) is 2.78. The van der Waals surface area contributed by atoms with E-state index >= 15 is 0 Å². The van der Waals surface area contributed by atoms with E-state index in [1.807, 2.05) is 11.8 Å². The molecule has 4 nitrogen and oxygen atoms in total. The number of hydrogen-bond acceptors (Lipinski definition) is 5. The number of nitrogens with two attached hydrogens (primary N) is 1. The Balaban J connectivity index is 2.19. The molecule has 0 aliphatic carbocycles. The lowest BCUT2D eigenvalue weighted by Crippen LogP contribution is -2.30. The molecule has 0 amide bonds. The smallest absolute Gasteiger partial charge is 0.240 e. The van der Waals surface area contributed by atoms with Crippen molar-refractivity contribution in [1.29, 1.82) is 0 Å². The first-order chi connectivity index (χ1) is 6.74. The standard InChI is InChI=1S/C9H15N3OS/c1-9(3-2-4-14-6-9)8-11-7(5-10)13-12-8/h2-6,10H2,1H3. The molecule has 1 aromatic rings. The van der Waals surface area contributed by atoms with Crippen molar-refractivity contribution in [2.24, 2.45) is 5.73 Å². The van der Waals surface area contributed by atoms with Crippen LogP contribution in [0.1, 0.15) is 31.5 Å². The van der Waals surface area contributed by atoms with Crippen LogP contribution in [-0.4, -0.2) is 21.6 Å². The summed E-state index contributed by atoms with van der Waals surface area (Å²) in [6.07, 6.45) is 2.37. The SMILES string of the molecule is CC1(c2noc(CN)n2)CCCSC1. The zero-order chi connectivity index (χ0) is 10.0. The zero-order valence-corrected chi connectivity index (χ0v) is 9.14. The van der Waals surface area contributed by atoms with Crippen molar-refractivity contribution in [3.05, 3.63) is 11.7 Å². The second kappa shape index (κ2) is 3.90. The van der Waals surface area contributed by atoms with E-state index in [1.165, 1.54) is 12.2 Å². The predicted molar refractivity (Wildman–Crippen MR) is 56.1 cm³/mol. The van der Waals surface area contributed by atoms with Gasteiger partial charge in [0.2, 0.25) is 5.89 Å². The fourth-order valence-corrected chi connectivity index (χ4v) is 2.91. The highest BCUT2D eigenvalue weighted by Gasteiger charge is 2.33. The highest BCUT2D eigenvalue weighted by atomic mass is 32.2. The Hall–Kier alpha value is -0.550. The molecule has 14 heavy (non-hydrogen) atoms. The monoisotopic (exact) mass is 213 g/mol. The Morgan fingerprint density at radius 1 is 1.64 bits per heavy atom. The summed E-state index contributed by atoms with van der Waals surface area (Å²) >= 11 is 1.96. The predicted octanol–water partition coefficient (Wildman–Crippen LogP) is 1.31. The highest BCUT2D eigenvalue weighted by molar-refractivity contribution is 7.99. The van der Waals surface area contributed by atoms with Crippen molar-refractivity contribution in [1.82, 2.24) is 10.1 Å². The minimum atomic E-state index is 0.0832. The number of rotatable bonds is 2. The maximum Gasteiger partial charge on any atom is 0.240 e. The van der Waals surface area contributed by atoms with Crippen molar-refractivity contribution < 1.29 is 4.52 Å². The van der Waals surface area contributed by atoms with Gasteiger partial charge in [-0.25, -0.2) is 0 Å². The summed E-state index contributed by atoms with van der Waals surface area (Å²) in [6, 6.07) is 0. The Morgan fingerprint density at radius 2 is 2.50 bits per heavy atom. The van der Waals surface area contributed by atoms with Crippen molar-refractivity contribution >= 4 is 11.8 Å². The molecule has 2 rings (SSSR count). The molecule has 1 aromatic heterocycles. The molecule has 78 valence electrons. The van der Waals surface area contributed by atoms with Gasteiger partial charge in [-0.3, -0.25) is 0 Å². The Labute approximate surface area is 87.6 Å². The van der Waals surface area contributed by atoms with Gasteiger partial charge in [-0.1, -0.05) is 12.1 Å². The summed E-state index contributed by atoms with van der Waals surface area (Å²) in [5.41, 5.74) is 5.52. The van der Waals surface area contributed by atoms with Crippen LogP contribution in [0.25, 0.3) is 0 Å². The largest absolute Gasteiger partial charge is 0.338 e. The average Bonchev–Trinajstić information content (AvgIpc) is 2.67. The van der Waals surface area contributed by atoms with E-state index in [-0.39, 0.29) is 5.41 Å². The fourth-order valence-electron chi connectivity index (χ4n) is 1.69. The molecular formula is C9H15N3OS. The van der Waals surface area contributed by atoms with Crippen molar-refractivity contribution in [3.63, 3.8) is 0 Å². The summed E-state index contributed by atoms with van der Waals surface area (Å²) in [5, 5.41) is 4.00. The highest BCUT2D eigenvalue weighted by Crippen LogP contribution is 2.35. The van der Waals surface area contributed by atoms with Gasteiger partial charge >= 0.3 is 0 Å². The molecule has 2 N–H and O–H groups in total. The van der Waals surface area contributed by atoms with Crippen LogP contribution >= 0.6 is 11.8 Å². The third kappa shape index (κ3) is 1.79. The van der Waals surface area contributed by atoms with E-state index in [1.54, 1.807) is 0 Å². The summed E-state index contributed by atoms with van der Waals surface area (Å²) in [6.45, 7) is 2.53. The lowest BCUT2D eigenvalue weighted by molar-refractivity contribution is 0.354. The van der Waals surface area contributed by atoms with Crippen LogP contribution in [0, 0.1) is 0 Å². The second-order valence-electron chi connectivity index (χ2n) is 3.93. The first-order valence-electron chi connectivity index (χ1n) is 4.85. The molecule has 0 bridgehead atoms. The summed E-state index contributed by atoms with van der Waals surface area (Å²) in [4.78, 5) is 4.31. The van der Waals surface area contributed by atoms with Gasteiger partial charge in [0.15, 0.2) is 5.82 Å². The number of aromatic nitrogens is 2. The van der Waals surface area contributed by atoms with Gasteiger partial charge in [-0.05, 0) is 18.6 Å². The van der Waals surface area contributed by atoms with Gasteiger partial charge in [0.05, 0.1) is 6.54 Å². The molecule has 0 radical (unpaired) electrons. The van der Waals surface area contributed by atoms with E-state index in [4.69, 9.17) is 10.3 Å². The maximum atomic E-state index is 5.43. The van der Waals surface area contributed by atoms with E-state index < -0.39 is 0 Å². The lowest BCUT2D eigenvalue weighted by Gasteiger charge is -2.29. The van der Waals surface area contributed by atoms with Crippen LogP contribution in [-0.2, 0) is 12.0 Å². The second-order valence-corrected chi connectivity index (χ2v) is 5.04. The number of hydrogen-bond donors (Lipinski definition) is 1. The van der Waals surface area contributed by atoms with Crippen molar-refractivity contribution in [2.75, 3.05) is 11.5 Å². The molecule has 5 heteroatoms. The van der Waals surface area contributed by atoms with Gasteiger partial charge in [-0.2, -0.15) is 16.7 Å². The van der Waals surface area contributed by atoms with Crippen molar-refractivity contribution in [3.8, 4) is 0 Å². The lowest BCUT2D eigenvalue weighted by atomic mass is 9.86.